The Balaban J connectivity index is 1.72. The molecule has 2 nitrogen and oxygen atoms in total. The van der Waals surface area contributed by atoms with Crippen LogP contribution in [0.2, 0.25) is 0 Å². The van der Waals surface area contributed by atoms with E-state index in [1.54, 1.807) is 0 Å². The maximum absolute atomic E-state index is 5.00. The summed E-state index contributed by atoms with van der Waals surface area (Å²) >= 11 is 0. The van der Waals surface area contributed by atoms with Gasteiger partial charge < -0.3 is 0 Å². The van der Waals surface area contributed by atoms with Gasteiger partial charge in [-0.15, -0.1) is 0 Å². The number of unbranched alkanes of at least 4 members (excludes halogenated alkanes) is 10. The van der Waals surface area contributed by atoms with Crippen molar-refractivity contribution in [2.75, 3.05) is 0 Å². The molecule has 0 saturated heterocycles. The first-order valence-electron chi connectivity index (χ1n) is 11.1. The van der Waals surface area contributed by atoms with E-state index < -0.39 is 0 Å². The minimum absolute atomic E-state index is 1.18. The molecule has 2 heteroatoms. The Morgan fingerprint density at radius 2 is 1.32 bits per heavy atom. The molecular weight excluding hydrogens is 304 g/mol. The topological polar surface area (TPSA) is 17.3 Å². The number of nitrogens with zero attached hydrogens (tertiary/aromatic N) is 2. The lowest BCUT2D eigenvalue weighted by Crippen LogP contribution is -2.14. The summed E-state index contributed by atoms with van der Waals surface area (Å²) in [6.45, 7) is 4.57. The Hall–Kier alpha value is -1.05. The molecule has 1 aromatic rings. The number of rotatable bonds is 14. The van der Waals surface area contributed by atoms with Gasteiger partial charge in [-0.1, -0.05) is 78.1 Å². The van der Waals surface area contributed by atoms with E-state index >= 15 is 0 Å². The number of hydrogen-bond donors (Lipinski definition) is 0. The van der Waals surface area contributed by atoms with Crippen molar-refractivity contribution in [1.82, 2.24) is 4.68 Å². The Bertz CT molecular complexity index is 498. The smallest absolute Gasteiger partial charge is 0.0427 e. The van der Waals surface area contributed by atoms with Gasteiger partial charge in [-0.3, -0.25) is 0 Å². The monoisotopic (exact) mass is 344 g/mol. The van der Waals surface area contributed by atoms with Crippen molar-refractivity contribution in [3.05, 3.63) is 23.5 Å². The van der Waals surface area contributed by atoms with Crippen molar-refractivity contribution < 1.29 is 0 Å². The van der Waals surface area contributed by atoms with Gasteiger partial charge in [-0.2, -0.15) is 5.10 Å². The molecule has 0 amide bonds. The second-order valence-corrected chi connectivity index (χ2v) is 7.83. The third-order valence-corrected chi connectivity index (χ3v) is 5.53. The summed E-state index contributed by atoms with van der Waals surface area (Å²) in [5.41, 5.74) is 4.29. The van der Waals surface area contributed by atoms with Crippen LogP contribution in [0.3, 0.4) is 0 Å². The molecule has 2 heterocycles. The standard InChI is InChI=1S/C23H40N2/c1-3-5-7-9-11-13-15-21-17-18-23-20-19-22(25(23)24-21)16-14-12-10-8-6-4-2/h19-20H,3-18H2,1-2H3. The summed E-state index contributed by atoms with van der Waals surface area (Å²) in [5.74, 6) is 0. The van der Waals surface area contributed by atoms with E-state index in [9.17, 15) is 0 Å². The van der Waals surface area contributed by atoms with Crippen LogP contribution in [-0.4, -0.2) is 10.4 Å². The zero-order valence-electron chi connectivity index (χ0n) is 16.9. The molecule has 0 bridgehead atoms. The highest BCUT2D eigenvalue weighted by atomic mass is 15.4. The lowest BCUT2D eigenvalue weighted by Gasteiger charge is -2.17. The van der Waals surface area contributed by atoms with Gasteiger partial charge in [0.25, 0.3) is 0 Å². The van der Waals surface area contributed by atoms with Crippen molar-refractivity contribution in [3.8, 4) is 0 Å². The van der Waals surface area contributed by atoms with Crippen LogP contribution in [0.5, 0.6) is 0 Å². The van der Waals surface area contributed by atoms with Gasteiger partial charge in [0, 0.05) is 17.1 Å². The Labute approximate surface area is 156 Å². The second-order valence-electron chi connectivity index (χ2n) is 7.83. The van der Waals surface area contributed by atoms with Gasteiger partial charge in [0.15, 0.2) is 0 Å². The second kappa shape index (κ2) is 12.3. The molecule has 0 aromatic carbocycles. The van der Waals surface area contributed by atoms with Crippen LogP contribution in [0.25, 0.3) is 0 Å². The number of aryl methyl sites for hydroxylation is 2. The largest absolute Gasteiger partial charge is 0.242 e. The molecule has 0 saturated carbocycles. The maximum Gasteiger partial charge on any atom is 0.0427 e. The quantitative estimate of drug-likeness (QED) is 0.315. The first-order valence-corrected chi connectivity index (χ1v) is 11.1. The molecule has 25 heavy (non-hydrogen) atoms. The predicted octanol–water partition coefficient (Wildman–Crippen LogP) is 7.29. The zero-order chi connectivity index (χ0) is 17.7. The lowest BCUT2D eigenvalue weighted by atomic mass is 10.0. The van der Waals surface area contributed by atoms with Crippen LogP contribution in [0.4, 0.5) is 0 Å². The molecule has 0 fully saturated rings. The van der Waals surface area contributed by atoms with Crippen molar-refractivity contribution >= 4 is 5.71 Å². The van der Waals surface area contributed by atoms with E-state index in [0.717, 1.165) is 0 Å². The van der Waals surface area contributed by atoms with Gasteiger partial charge in [-0.25, -0.2) is 4.68 Å². The van der Waals surface area contributed by atoms with Crippen LogP contribution in [-0.2, 0) is 12.8 Å². The van der Waals surface area contributed by atoms with Crippen molar-refractivity contribution in [1.29, 1.82) is 0 Å². The van der Waals surface area contributed by atoms with Gasteiger partial charge in [0.05, 0.1) is 0 Å². The molecule has 1 aromatic heterocycles. The highest BCUT2D eigenvalue weighted by Crippen LogP contribution is 2.21. The molecule has 0 N–H and O–H groups in total. The predicted molar refractivity (Wildman–Crippen MR) is 111 cm³/mol. The van der Waals surface area contributed by atoms with Crippen LogP contribution >= 0.6 is 0 Å². The van der Waals surface area contributed by atoms with Crippen LogP contribution in [0.15, 0.2) is 17.2 Å². The van der Waals surface area contributed by atoms with E-state index in [4.69, 9.17) is 5.10 Å². The highest BCUT2D eigenvalue weighted by molar-refractivity contribution is 5.85. The average Bonchev–Trinajstić information content (AvgIpc) is 3.03. The average molecular weight is 345 g/mol. The summed E-state index contributed by atoms with van der Waals surface area (Å²) in [6, 6.07) is 4.62. The number of aromatic nitrogens is 1. The normalized spacial score (nSPS) is 13.8. The van der Waals surface area contributed by atoms with Crippen molar-refractivity contribution in [2.24, 2.45) is 5.10 Å². The van der Waals surface area contributed by atoms with Gasteiger partial charge >= 0.3 is 0 Å². The molecule has 2 rings (SSSR count). The lowest BCUT2D eigenvalue weighted by molar-refractivity contribution is 0.591. The fourth-order valence-electron chi connectivity index (χ4n) is 3.86. The van der Waals surface area contributed by atoms with Gasteiger partial charge in [0.1, 0.15) is 0 Å². The van der Waals surface area contributed by atoms with E-state index in [1.165, 1.54) is 120 Å². The van der Waals surface area contributed by atoms with E-state index in [1.807, 2.05) is 0 Å². The molecule has 1 aliphatic heterocycles. The third kappa shape index (κ3) is 7.38. The van der Waals surface area contributed by atoms with Crippen LogP contribution < -0.4 is 0 Å². The number of fused-ring (bicyclic) bond motifs is 1. The summed E-state index contributed by atoms with van der Waals surface area (Å²) in [4.78, 5) is 0. The van der Waals surface area contributed by atoms with Gasteiger partial charge in [-0.05, 0) is 50.7 Å². The molecule has 142 valence electrons. The Morgan fingerprint density at radius 1 is 0.720 bits per heavy atom. The molecule has 0 atom stereocenters. The first-order chi connectivity index (χ1) is 12.3. The Kier molecular flexibility index (Phi) is 9.99. The molecule has 0 spiro atoms. The fourth-order valence-corrected chi connectivity index (χ4v) is 3.86. The summed E-state index contributed by atoms with van der Waals surface area (Å²) in [7, 11) is 0. The van der Waals surface area contributed by atoms with Crippen molar-refractivity contribution in [2.45, 2.75) is 117 Å². The van der Waals surface area contributed by atoms with Gasteiger partial charge in [0.2, 0.25) is 0 Å². The van der Waals surface area contributed by atoms with E-state index in [2.05, 4.69) is 30.7 Å². The molecule has 0 aliphatic carbocycles. The van der Waals surface area contributed by atoms with Crippen molar-refractivity contribution in [3.63, 3.8) is 0 Å². The zero-order valence-corrected chi connectivity index (χ0v) is 16.9. The van der Waals surface area contributed by atoms with E-state index in [-0.39, 0.29) is 0 Å². The maximum atomic E-state index is 5.00. The van der Waals surface area contributed by atoms with Crippen LogP contribution in [0, 0.1) is 0 Å². The molecule has 1 aliphatic rings. The highest BCUT2D eigenvalue weighted by Gasteiger charge is 2.14. The summed E-state index contributed by atoms with van der Waals surface area (Å²) < 4.78 is 2.28. The molecule has 0 unspecified atom stereocenters. The minimum atomic E-state index is 1.18. The summed E-state index contributed by atoms with van der Waals surface area (Å²) in [5, 5.41) is 5.00. The molecular formula is C23H40N2. The third-order valence-electron chi connectivity index (χ3n) is 5.53. The van der Waals surface area contributed by atoms with E-state index in [0.29, 0.717) is 0 Å². The number of hydrogen-bond acceptors (Lipinski definition) is 1. The molecule has 0 radical (unpaired) electrons. The Morgan fingerprint density at radius 3 is 2.00 bits per heavy atom. The fraction of sp³-hybridized carbons (Fsp3) is 0.783. The SMILES string of the molecule is CCCCCCCCC1=Nn2c(CCCCCCCC)ccc2CC1. The minimum Gasteiger partial charge on any atom is -0.242 e. The summed E-state index contributed by atoms with van der Waals surface area (Å²) in [6.07, 6.45) is 21.2. The van der Waals surface area contributed by atoms with Crippen LogP contribution in [0.1, 0.15) is 115 Å². The first kappa shape index (κ1) is 20.3.